The lowest BCUT2D eigenvalue weighted by atomic mass is 10.1. The molecule has 16 heavy (non-hydrogen) atoms. The summed E-state index contributed by atoms with van der Waals surface area (Å²) >= 11 is 0. The standard InChI is InChI=1S/C11H20N4O/c1-4-8(6-12)11(16)13-10-5-9(7(2)3)14-15-10/h5,7-8H,4,6,12H2,1-3H3,(H2,13,14,15,16). The molecule has 1 amide bonds. The zero-order chi connectivity index (χ0) is 12.1. The van der Waals surface area contributed by atoms with E-state index in [9.17, 15) is 4.79 Å². The van der Waals surface area contributed by atoms with Gasteiger partial charge in [-0.3, -0.25) is 9.89 Å². The highest BCUT2D eigenvalue weighted by Gasteiger charge is 2.15. The highest BCUT2D eigenvalue weighted by atomic mass is 16.2. The first-order valence-corrected chi connectivity index (χ1v) is 5.64. The van der Waals surface area contributed by atoms with Crippen LogP contribution < -0.4 is 11.1 Å². The van der Waals surface area contributed by atoms with Gasteiger partial charge < -0.3 is 11.1 Å². The van der Waals surface area contributed by atoms with E-state index in [2.05, 4.69) is 29.4 Å². The molecule has 4 N–H and O–H groups in total. The quantitative estimate of drug-likeness (QED) is 0.708. The number of nitrogens with zero attached hydrogens (tertiary/aromatic N) is 1. The Hall–Kier alpha value is -1.36. The number of carbonyl (C=O) groups is 1. The molecule has 1 atom stereocenters. The van der Waals surface area contributed by atoms with Crippen LogP contribution in [0.15, 0.2) is 6.07 Å². The maximum absolute atomic E-state index is 11.7. The predicted octanol–water partition coefficient (Wildman–Crippen LogP) is 1.46. The molecule has 90 valence electrons. The number of nitrogens with two attached hydrogens (primary N) is 1. The summed E-state index contributed by atoms with van der Waals surface area (Å²) in [6.07, 6.45) is 0.740. The van der Waals surface area contributed by atoms with Crippen molar-refractivity contribution in [2.24, 2.45) is 11.7 Å². The van der Waals surface area contributed by atoms with Gasteiger partial charge in [-0.05, 0) is 12.3 Å². The number of rotatable bonds is 5. The highest BCUT2D eigenvalue weighted by Crippen LogP contribution is 2.15. The maximum atomic E-state index is 11.7. The molecule has 0 bridgehead atoms. The van der Waals surface area contributed by atoms with E-state index >= 15 is 0 Å². The normalized spacial score (nSPS) is 12.8. The SMILES string of the molecule is CCC(CN)C(=O)Nc1cc(C(C)C)[nH]n1. The van der Waals surface area contributed by atoms with Gasteiger partial charge in [0.05, 0.1) is 5.92 Å². The van der Waals surface area contributed by atoms with E-state index in [0.29, 0.717) is 18.3 Å². The van der Waals surface area contributed by atoms with Gasteiger partial charge in [0, 0.05) is 18.3 Å². The van der Waals surface area contributed by atoms with E-state index < -0.39 is 0 Å². The molecule has 0 aliphatic heterocycles. The van der Waals surface area contributed by atoms with Crippen molar-refractivity contribution in [1.29, 1.82) is 0 Å². The Balaban J connectivity index is 2.62. The molecule has 0 spiro atoms. The summed E-state index contributed by atoms with van der Waals surface area (Å²) in [6, 6.07) is 1.85. The van der Waals surface area contributed by atoms with E-state index in [1.165, 1.54) is 0 Å². The third-order valence-electron chi connectivity index (χ3n) is 2.62. The average molecular weight is 224 g/mol. The van der Waals surface area contributed by atoms with E-state index in [-0.39, 0.29) is 11.8 Å². The number of hydrogen-bond donors (Lipinski definition) is 3. The summed E-state index contributed by atoms with van der Waals surface area (Å²) < 4.78 is 0. The predicted molar refractivity (Wildman–Crippen MR) is 64.1 cm³/mol. The molecule has 1 heterocycles. The molecule has 0 saturated carbocycles. The molecule has 1 unspecified atom stereocenters. The van der Waals surface area contributed by atoms with Crippen molar-refractivity contribution in [3.63, 3.8) is 0 Å². The Labute approximate surface area is 95.8 Å². The molecule has 0 aliphatic rings. The number of carbonyl (C=O) groups excluding carboxylic acids is 1. The number of hydrogen-bond acceptors (Lipinski definition) is 3. The minimum absolute atomic E-state index is 0.0631. The number of aromatic nitrogens is 2. The van der Waals surface area contributed by atoms with Crippen LogP contribution in [0.3, 0.4) is 0 Å². The van der Waals surface area contributed by atoms with Crippen molar-refractivity contribution in [2.75, 3.05) is 11.9 Å². The van der Waals surface area contributed by atoms with Gasteiger partial charge in [-0.2, -0.15) is 5.10 Å². The van der Waals surface area contributed by atoms with E-state index in [0.717, 1.165) is 12.1 Å². The lowest BCUT2D eigenvalue weighted by molar-refractivity contribution is -0.119. The fraction of sp³-hybridized carbons (Fsp3) is 0.636. The molecule has 0 radical (unpaired) electrons. The zero-order valence-corrected chi connectivity index (χ0v) is 10.1. The molecule has 0 aromatic carbocycles. The Bertz CT molecular complexity index is 342. The Morgan fingerprint density at radius 3 is 2.75 bits per heavy atom. The first-order chi connectivity index (χ1) is 7.58. The van der Waals surface area contributed by atoms with Crippen molar-refractivity contribution in [2.45, 2.75) is 33.1 Å². The molecule has 0 saturated heterocycles. The minimum atomic E-state index is -0.140. The maximum Gasteiger partial charge on any atom is 0.229 e. The van der Waals surface area contributed by atoms with Gasteiger partial charge in [0.2, 0.25) is 5.91 Å². The lowest BCUT2D eigenvalue weighted by Crippen LogP contribution is -2.28. The van der Waals surface area contributed by atoms with E-state index in [4.69, 9.17) is 5.73 Å². The number of nitrogens with one attached hydrogen (secondary N) is 2. The van der Waals surface area contributed by atoms with Crippen LogP contribution in [0.1, 0.15) is 38.8 Å². The number of amides is 1. The Morgan fingerprint density at radius 2 is 2.31 bits per heavy atom. The fourth-order valence-electron chi connectivity index (χ4n) is 1.38. The molecule has 5 heteroatoms. The van der Waals surface area contributed by atoms with Crippen LogP contribution >= 0.6 is 0 Å². The third-order valence-corrected chi connectivity index (χ3v) is 2.62. The van der Waals surface area contributed by atoms with Gasteiger partial charge in [-0.15, -0.1) is 0 Å². The molecular weight excluding hydrogens is 204 g/mol. The van der Waals surface area contributed by atoms with Crippen LogP contribution in [-0.2, 0) is 4.79 Å². The summed E-state index contributed by atoms with van der Waals surface area (Å²) in [5.41, 5.74) is 6.51. The molecule has 5 nitrogen and oxygen atoms in total. The third kappa shape index (κ3) is 3.06. The topological polar surface area (TPSA) is 83.8 Å². The van der Waals surface area contributed by atoms with Crippen molar-refractivity contribution >= 4 is 11.7 Å². The average Bonchev–Trinajstić information content (AvgIpc) is 2.68. The van der Waals surface area contributed by atoms with Gasteiger partial charge in [0.15, 0.2) is 5.82 Å². The van der Waals surface area contributed by atoms with Crippen LogP contribution in [0, 0.1) is 5.92 Å². The first-order valence-electron chi connectivity index (χ1n) is 5.64. The van der Waals surface area contributed by atoms with Crippen molar-refractivity contribution in [3.8, 4) is 0 Å². The smallest absolute Gasteiger partial charge is 0.229 e. The van der Waals surface area contributed by atoms with Crippen molar-refractivity contribution in [3.05, 3.63) is 11.8 Å². The highest BCUT2D eigenvalue weighted by molar-refractivity contribution is 5.91. The van der Waals surface area contributed by atoms with Gasteiger partial charge in [-0.1, -0.05) is 20.8 Å². The summed E-state index contributed by atoms with van der Waals surface area (Å²) in [6.45, 7) is 6.44. The largest absolute Gasteiger partial charge is 0.330 e. The van der Waals surface area contributed by atoms with Gasteiger partial charge in [-0.25, -0.2) is 0 Å². The summed E-state index contributed by atoms with van der Waals surface area (Å²) in [7, 11) is 0. The van der Waals surface area contributed by atoms with Gasteiger partial charge >= 0.3 is 0 Å². The second kappa shape index (κ2) is 5.65. The van der Waals surface area contributed by atoms with Crippen LogP contribution in [-0.4, -0.2) is 22.6 Å². The number of aromatic amines is 1. The van der Waals surface area contributed by atoms with Gasteiger partial charge in [0.25, 0.3) is 0 Å². The first kappa shape index (κ1) is 12.7. The van der Waals surface area contributed by atoms with Gasteiger partial charge in [0.1, 0.15) is 0 Å². The van der Waals surface area contributed by atoms with Crippen molar-refractivity contribution < 1.29 is 4.79 Å². The number of anilines is 1. The molecule has 0 aliphatic carbocycles. The van der Waals surface area contributed by atoms with Crippen LogP contribution in [0.25, 0.3) is 0 Å². The molecule has 0 fully saturated rings. The summed E-state index contributed by atoms with van der Waals surface area (Å²) in [5.74, 6) is 0.737. The molecular formula is C11H20N4O. The monoisotopic (exact) mass is 224 g/mol. The van der Waals surface area contributed by atoms with E-state index in [1.54, 1.807) is 0 Å². The molecule has 1 rings (SSSR count). The number of H-pyrrole nitrogens is 1. The Morgan fingerprint density at radius 1 is 1.62 bits per heavy atom. The summed E-state index contributed by atoms with van der Waals surface area (Å²) in [4.78, 5) is 11.7. The van der Waals surface area contributed by atoms with Crippen molar-refractivity contribution in [1.82, 2.24) is 10.2 Å². The van der Waals surface area contributed by atoms with E-state index in [1.807, 2.05) is 13.0 Å². The minimum Gasteiger partial charge on any atom is -0.330 e. The molecule has 1 aromatic rings. The molecule has 1 aromatic heterocycles. The second-order valence-electron chi connectivity index (χ2n) is 4.19. The fourth-order valence-corrected chi connectivity index (χ4v) is 1.38. The van der Waals surface area contributed by atoms with Crippen LogP contribution in [0.4, 0.5) is 5.82 Å². The summed E-state index contributed by atoms with van der Waals surface area (Å²) in [5, 5.41) is 9.68. The van der Waals surface area contributed by atoms with Crippen LogP contribution in [0.2, 0.25) is 0 Å². The Kier molecular flexibility index (Phi) is 4.49. The lowest BCUT2D eigenvalue weighted by Gasteiger charge is -2.10. The zero-order valence-electron chi connectivity index (χ0n) is 10.1. The van der Waals surface area contributed by atoms with Crippen LogP contribution in [0.5, 0.6) is 0 Å². The second-order valence-corrected chi connectivity index (χ2v) is 4.19.